The maximum Gasteiger partial charge on any atom is 0.0613 e. The fourth-order valence-corrected chi connectivity index (χ4v) is 2.97. The van der Waals surface area contributed by atoms with Crippen molar-refractivity contribution in [1.82, 2.24) is 10.3 Å². The van der Waals surface area contributed by atoms with E-state index < -0.39 is 0 Å². The average Bonchev–Trinajstić information content (AvgIpc) is 2.94. The summed E-state index contributed by atoms with van der Waals surface area (Å²) in [5, 5.41) is 15.5. The van der Waals surface area contributed by atoms with Crippen LogP contribution >= 0.6 is 0 Å². The van der Waals surface area contributed by atoms with E-state index in [0.29, 0.717) is 0 Å². The average molecular weight is 256 g/mol. The summed E-state index contributed by atoms with van der Waals surface area (Å²) in [6.45, 7) is 1.06. The van der Waals surface area contributed by atoms with Crippen molar-refractivity contribution >= 4 is 10.8 Å². The molecule has 0 unspecified atom stereocenters. The molecular weight excluding hydrogens is 236 g/mol. The van der Waals surface area contributed by atoms with Crippen molar-refractivity contribution in [1.29, 1.82) is 0 Å². The van der Waals surface area contributed by atoms with Gasteiger partial charge in [0.15, 0.2) is 0 Å². The molecule has 1 aliphatic carbocycles. The predicted molar refractivity (Wildman–Crippen MR) is 76.9 cm³/mol. The monoisotopic (exact) mass is 256 g/mol. The number of pyridine rings is 1. The van der Waals surface area contributed by atoms with Gasteiger partial charge >= 0.3 is 0 Å². The maximum absolute atomic E-state index is 9.60. The molecule has 1 heterocycles. The van der Waals surface area contributed by atoms with Gasteiger partial charge in [0.05, 0.1) is 6.61 Å². The lowest BCUT2D eigenvalue weighted by Gasteiger charge is -2.28. The lowest BCUT2D eigenvalue weighted by Crippen LogP contribution is -2.45. The molecular formula is C16H20N2O. The van der Waals surface area contributed by atoms with E-state index in [4.69, 9.17) is 0 Å². The number of fused-ring (bicyclic) bond motifs is 1. The number of aliphatic hydroxyl groups excluding tert-OH is 1. The summed E-state index contributed by atoms with van der Waals surface area (Å²) in [6.07, 6.45) is 8.32. The second-order valence-electron chi connectivity index (χ2n) is 5.56. The smallest absolute Gasteiger partial charge is 0.0613 e. The lowest BCUT2D eigenvalue weighted by atomic mass is 9.98. The van der Waals surface area contributed by atoms with E-state index in [1.165, 1.54) is 29.2 Å². The van der Waals surface area contributed by atoms with Gasteiger partial charge in [0.1, 0.15) is 0 Å². The highest BCUT2D eigenvalue weighted by molar-refractivity contribution is 5.81. The topological polar surface area (TPSA) is 45.1 Å². The first-order chi connectivity index (χ1) is 9.31. The molecule has 1 aromatic heterocycles. The van der Waals surface area contributed by atoms with Gasteiger partial charge in [-0.05, 0) is 35.9 Å². The highest BCUT2D eigenvalue weighted by Gasteiger charge is 2.32. The van der Waals surface area contributed by atoms with Gasteiger partial charge in [0, 0.05) is 29.9 Å². The normalized spacial score (nSPS) is 17.9. The molecule has 100 valence electrons. The van der Waals surface area contributed by atoms with Crippen molar-refractivity contribution < 1.29 is 5.11 Å². The zero-order valence-corrected chi connectivity index (χ0v) is 11.1. The molecule has 1 saturated carbocycles. The number of hydrogen-bond donors (Lipinski definition) is 2. The lowest BCUT2D eigenvalue weighted by molar-refractivity contribution is 0.163. The minimum Gasteiger partial charge on any atom is -0.394 e. The van der Waals surface area contributed by atoms with E-state index in [1.54, 1.807) is 0 Å². The van der Waals surface area contributed by atoms with Crippen LogP contribution in [-0.2, 0) is 6.54 Å². The Hall–Kier alpha value is -1.45. The Morgan fingerprint density at radius 2 is 2.00 bits per heavy atom. The van der Waals surface area contributed by atoms with Gasteiger partial charge in [-0.1, -0.05) is 25.0 Å². The number of hydrogen-bond acceptors (Lipinski definition) is 3. The van der Waals surface area contributed by atoms with Crippen molar-refractivity contribution in [2.24, 2.45) is 0 Å². The van der Waals surface area contributed by atoms with Crippen molar-refractivity contribution in [2.75, 3.05) is 6.61 Å². The van der Waals surface area contributed by atoms with Crippen molar-refractivity contribution in [3.8, 4) is 0 Å². The second kappa shape index (κ2) is 5.27. The predicted octanol–water partition coefficient (Wildman–Crippen LogP) is 2.63. The third kappa shape index (κ3) is 2.62. The standard InChI is InChI=1S/C16H20N2O/c19-12-16(6-1-2-7-16)18-10-13-3-4-15-11-17-8-5-14(15)9-13/h3-5,8-9,11,18-19H,1-2,6-7,10,12H2. The third-order valence-electron chi connectivity index (χ3n) is 4.24. The molecule has 0 bridgehead atoms. The fraction of sp³-hybridized carbons (Fsp3) is 0.438. The van der Waals surface area contributed by atoms with E-state index in [0.717, 1.165) is 19.4 Å². The zero-order valence-electron chi connectivity index (χ0n) is 11.1. The van der Waals surface area contributed by atoms with E-state index in [9.17, 15) is 5.11 Å². The Morgan fingerprint density at radius 3 is 2.79 bits per heavy atom. The van der Waals surface area contributed by atoms with Crippen molar-refractivity contribution in [3.63, 3.8) is 0 Å². The quantitative estimate of drug-likeness (QED) is 0.884. The van der Waals surface area contributed by atoms with Crippen LogP contribution in [0.25, 0.3) is 10.8 Å². The maximum atomic E-state index is 9.60. The molecule has 0 atom stereocenters. The molecule has 1 aromatic carbocycles. The first kappa shape index (κ1) is 12.6. The SMILES string of the molecule is OCC1(NCc2ccc3cnccc3c2)CCCC1. The molecule has 19 heavy (non-hydrogen) atoms. The highest BCUT2D eigenvalue weighted by Crippen LogP contribution is 2.29. The van der Waals surface area contributed by atoms with Crippen LogP contribution in [0.1, 0.15) is 31.2 Å². The largest absolute Gasteiger partial charge is 0.394 e. The summed E-state index contributed by atoms with van der Waals surface area (Å²) in [6, 6.07) is 8.48. The van der Waals surface area contributed by atoms with Gasteiger partial charge < -0.3 is 10.4 Å². The minimum atomic E-state index is -0.0484. The molecule has 3 rings (SSSR count). The molecule has 0 amide bonds. The van der Waals surface area contributed by atoms with Crippen LogP contribution in [0.3, 0.4) is 0 Å². The number of nitrogens with one attached hydrogen (secondary N) is 1. The summed E-state index contributed by atoms with van der Waals surface area (Å²) in [4.78, 5) is 4.13. The molecule has 2 aromatic rings. The van der Waals surface area contributed by atoms with Gasteiger partial charge in [0.2, 0.25) is 0 Å². The second-order valence-corrected chi connectivity index (χ2v) is 5.56. The van der Waals surface area contributed by atoms with Crippen LogP contribution in [0, 0.1) is 0 Å². The molecule has 3 nitrogen and oxygen atoms in total. The zero-order chi connectivity index (χ0) is 13.1. The molecule has 1 fully saturated rings. The van der Waals surface area contributed by atoms with Gasteiger partial charge in [0.25, 0.3) is 0 Å². The fourth-order valence-electron chi connectivity index (χ4n) is 2.97. The van der Waals surface area contributed by atoms with Crippen molar-refractivity contribution in [2.45, 2.75) is 37.8 Å². The number of aliphatic hydroxyl groups is 1. The number of rotatable bonds is 4. The van der Waals surface area contributed by atoms with Crippen molar-refractivity contribution in [3.05, 3.63) is 42.2 Å². The Labute approximate surface area is 113 Å². The Kier molecular flexibility index (Phi) is 3.49. The van der Waals surface area contributed by atoms with E-state index in [1.807, 2.05) is 18.5 Å². The highest BCUT2D eigenvalue weighted by atomic mass is 16.3. The van der Waals surface area contributed by atoms with Gasteiger partial charge in [-0.3, -0.25) is 4.98 Å². The first-order valence-electron chi connectivity index (χ1n) is 7.00. The summed E-state index contributed by atoms with van der Waals surface area (Å²) >= 11 is 0. The summed E-state index contributed by atoms with van der Waals surface area (Å²) in [5.41, 5.74) is 1.21. The van der Waals surface area contributed by atoms with Crippen LogP contribution < -0.4 is 5.32 Å². The first-order valence-corrected chi connectivity index (χ1v) is 7.00. The summed E-state index contributed by atoms with van der Waals surface area (Å²) in [7, 11) is 0. The number of aromatic nitrogens is 1. The van der Waals surface area contributed by atoms with Gasteiger partial charge in [-0.15, -0.1) is 0 Å². The summed E-state index contributed by atoms with van der Waals surface area (Å²) < 4.78 is 0. The van der Waals surface area contributed by atoms with Crippen LogP contribution in [0.4, 0.5) is 0 Å². The molecule has 2 N–H and O–H groups in total. The Bertz CT molecular complexity index is 561. The Morgan fingerprint density at radius 1 is 1.16 bits per heavy atom. The number of nitrogens with zero attached hydrogens (tertiary/aromatic N) is 1. The molecule has 0 aliphatic heterocycles. The molecule has 0 spiro atoms. The van der Waals surface area contributed by atoms with Gasteiger partial charge in [-0.2, -0.15) is 0 Å². The van der Waals surface area contributed by atoms with Crippen LogP contribution in [0.15, 0.2) is 36.7 Å². The van der Waals surface area contributed by atoms with E-state index in [2.05, 4.69) is 28.5 Å². The van der Waals surface area contributed by atoms with Crippen LogP contribution in [0.5, 0.6) is 0 Å². The number of benzene rings is 1. The minimum absolute atomic E-state index is 0.0484. The van der Waals surface area contributed by atoms with E-state index in [-0.39, 0.29) is 12.1 Å². The summed E-state index contributed by atoms with van der Waals surface area (Å²) in [5.74, 6) is 0. The molecule has 0 radical (unpaired) electrons. The third-order valence-corrected chi connectivity index (χ3v) is 4.24. The molecule has 1 aliphatic rings. The molecule has 0 saturated heterocycles. The molecule has 3 heteroatoms. The van der Waals surface area contributed by atoms with Crippen LogP contribution in [0.2, 0.25) is 0 Å². The van der Waals surface area contributed by atoms with Crippen LogP contribution in [-0.4, -0.2) is 22.2 Å². The van der Waals surface area contributed by atoms with Gasteiger partial charge in [-0.25, -0.2) is 0 Å². The Balaban J connectivity index is 1.74. The van der Waals surface area contributed by atoms with E-state index >= 15 is 0 Å².